The minimum atomic E-state index is 0.282. The monoisotopic (exact) mass is 362 g/mol. The van der Waals surface area contributed by atoms with Crippen LogP contribution in [0.1, 0.15) is 76.8 Å². The van der Waals surface area contributed by atoms with Crippen LogP contribution in [0.5, 0.6) is 0 Å². The van der Waals surface area contributed by atoms with Crippen LogP contribution in [-0.2, 0) is 13.1 Å². The maximum atomic E-state index is 5.42. The van der Waals surface area contributed by atoms with Crippen LogP contribution in [0, 0.1) is 0 Å². The summed E-state index contributed by atoms with van der Waals surface area (Å²) in [5.74, 6) is 3.50. The molecule has 0 amide bonds. The van der Waals surface area contributed by atoms with Gasteiger partial charge in [-0.15, -0.1) is 0 Å². The van der Waals surface area contributed by atoms with Crippen LogP contribution in [0.4, 0.5) is 0 Å². The van der Waals surface area contributed by atoms with Crippen molar-refractivity contribution >= 4 is 0 Å². The van der Waals surface area contributed by atoms with Crippen LogP contribution >= 0.6 is 0 Å². The SMILES string of the molecule is CC(C)c1noc(CN2C[C@@H](C)N(Cc3nc(C(C)C)no3)[C@@H](C)C2)n1. The Morgan fingerprint density at radius 3 is 1.73 bits per heavy atom. The van der Waals surface area contributed by atoms with Crippen molar-refractivity contribution in [3.8, 4) is 0 Å². The van der Waals surface area contributed by atoms with E-state index in [1.54, 1.807) is 0 Å². The van der Waals surface area contributed by atoms with Crippen molar-refractivity contribution in [3.05, 3.63) is 23.4 Å². The number of hydrogen-bond donors (Lipinski definition) is 0. The Balaban J connectivity index is 1.59. The summed E-state index contributed by atoms with van der Waals surface area (Å²) in [6, 6.07) is 0.751. The molecule has 0 aliphatic carbocycles. The van der Waals surface area contributed by atoms with Gasteiger partial charge in [-0.2, -0.15) is 9.97 Å². The molecule has 0 N–H and O–H groups in total. The summed E-state index contributed by atoms with van der Waals surface area (Å²) in [5.41, 5.74) is 0. The Labute approximate surface area is 154 Å². The average Bonchev–Trinajstić information content (AvgIpc) is 3.20. The van der Waals surface area contributed by atoms with Crippen LogP contribution in [0.2, 0.25) is 0 Å². The maximum absolute atomic E-state index is 5.42. The third-order valence-electron chi connectivity index (χ3n) is 4.85. The molecule has 1 aliphatic rings. The Bertz CT molecular complexity index is 698. The van der Waals surface area contributed by atoms with Crippen molar-refractivity contribution in [3.63, 3.8) is 0 Å². The van der Waals surface area contributed by atoms with Crippen molar-refractivity contribution in [1.82, 2.24) is 30.1 Å². The zero-order valence-electron chi connectivity index (χ0n) is 16.6. The quantitative estimate of drug-likeness (QED) is 0.775. The van der Waals surface area contributed by atoms with Gasteiger partial charge in [0.25, 0.3) is 0 Å². The summed E-state index contributed by atoms with van der Waals surface area (Å²) >= 11 is 0. The normalized spacial score (nSPS) is 22.6. The lowest BCUT2D eigenvalue weighted by molar-refractivity contribution is 0.0180. The highest BCUT2D eigenvalue weighted by Gasteiger charge is 2.31. The summed E-state index contributed by atoms with van der Waals surface area (Å²) < 4.78 is 10.8. The predicted molar refractivity (Wildman–Crippen MR) is 96.5 cm³/mol. The molecule has 26 heavy (non-hydrogen) atoms. The molecule has 2 aromatic heterocycles. The van der Waals surface area contributed by atoms with Crippen molar-refractivity contribution < 1.29 is 9.05 Å². The second kappa shape index (κ2) is 7.84. The summed E-state index contributed by atoms with van der Waals surface area (Å²) in [6.45, 7) is 16.0. The van der Waals surface area contributed by atoms with Gasteiger partial charge in [0.2, 0.25) is 11.8 Å². The van der Waals surface area contributed by atoms with E-state index in [0.29, 0.717) is 37.0 Å². The first-order valence-corrected chi connectivity index (χ1v) is 9.46. The highest BCUT2D eigenvalue weighted by atomic mass is 16.5. The number of piperazine rings is 1. The second-order valence-electron chi connectivity index (χ2n) is 7.97. The van der Waals surface area contributed by atoms with Gasteiger partial charge in [0.15, 0.2) is 11.6 Å². The molecule has 2 aromatic rings. The van der Waals surface area contributed by atoms with E-state index in [1.807, 2.05) is 0 Å². The molecule has 0 unspecified atom stereocenters. The zero-order valence-corrected chi connectivity index (χ0v) is 16.6. The summed E-state index contributed by atoms with van der Waals surface area (Å²) in [4.78, 5) is 13.8. The molecule has 1 aliphatic heterocycles. The minimum Gasteiger partial charge on any atom is -0.338 e. The van der Waals surface area contributed by atoms with E-state index in [-0.39, 0.29) is 11.8 Å². The molecule has 2 atom stereocenters. The van der Waals surface area contributed by atoms with Gasteiger partial charge in [-0.05, 0) is 13.8 Å². The highest BCUT2D eigenvalue weighted by molar-refractivity contribution is 4.96. The average molecular weight is 362 g/mol. The van der Waals surface area contributed by atoms with E-state index < -0.39 is 0 Å². The molecule has 0 spiro atoms. The largest absolute Gasteiger partial charge is 0.338 e. The van der Waals surface area contributed by atoms with Crippen molar-refractivity contribution in [2.75, 3.05) is 13.1 Å². The number of rotatable bonds is 6. The van der Waals surface area contributed by atoms with E-state index in [1.165, 1.54) is 0 Å². The standard InChI is InChI=1S/C18H30N6O2/c1-11(2)17-19-15(25-21-17)9-23-7-13(5)24(14(6)8-23)10-16-20-18(12(3)4)22-26-16/h11-14H,7-10H2,1-6H3/t13-,14+. The van der Waals surface area contributed by atoms with E-state index in [9.17, 15) is 0 Å². The van der Waals surface area contributed by atoms with E-state index in [2.05, 4.69) is 71.6 Å². The molecule has 8 nitrogen and oxygen atoms in total. The van der Waals surface area contributed by atoms with Gasteiger partial charge < -0.3 is 9.05 Å². The van der Waals surface area contributed by atoms with Gasteiger partial charge in [-0.25, -0.2) is 0 Å². The van der Waals surface area contributed by atoms with Gasteiger partial charge >= 0.3 is 0 Å². The third-order valence-corrected chi connectivity index (χ3v) is 4.85. The Morgan fingerprint density at radius 1 is 0.846 bits per heavy atom. The molecule has 144 valence electrons. The van der Waals surface area contributed by atoms with Crippen LogP contribution in [0.3, 0.4) is 0 Å². The molecule has 0 aromatic carbocycles. The fourth-order valence-electron chi connectivity index (χ4n) is 3.39. The smallest absolute Gasteiger partial charge is 0.240 e. The fourth-order valence-corrected chi connectivity index (χ4v) is 3.39. The first-order chi connectivity index (χ1) is 12.3. The number of hydrogen-bond acceptors (Lipinski definition) is 8. The predicted octanol–water partition coefficient (Wildman–Crippen LogP) is 2.79. The van der Waals surface area contributed by atoms with Crippen molar-refractivity contribution in [2.45, 2.75) is 78.6 Å². The molecule has 0 radical (unpaired) electrons. The zero-order chi connectivity index (χ0) is 18.8. The topological polar surface area (TPSA) is 84.3 Å². The Kier molecular flexibility index (Phi) is 5.72. The van der Waals surface area contributed by atoms with Gasteiger partial charge in [0, 0.05) is 37.0 Å². The molecule has 1 saturated heterocycles. The summed E-state index contributed by atoms with van der Waals surface area (Å²) in [7, 11) is 0. The van der Waals surface area contributed by atoms with E-state index in [0.717, 1.165) is 24.7 Å². The molecule has 0 saturated carbocycles. The van der Waals surface area contributed by atoms with Crippen LogP contribution in [0.25, 0.3) is 0 Å². The van der Waals surface area contributed by atoms with E-state index >= 15 is 0 Å². The molecule has 0 bridgehead atoms. The molecule has 3 rings (SSSR count). The van der Waals surface area contributed by atoms with Crippen LogP contribution in [0.15, 0.2) is 9.05 Å². The molecular weight excluding hydrogens is 332 g/mol. The number of nitrogens with zero attached hydrogens (tertiary/aromatic N) is 6. The molecule has 1 fully saturated rings. The van der Waals surface area contributed by atoms with Crippen molar-refractivity contribution in [1.29, 1.82) is 0 Å². The lowest BCUT2D eigenvalue weighted by Crippen LogP contribution is -2.55. The lowest BCUT2D eigenvalue weighted by Gasteiger charge is -2.43. The molecule has 3 heterocycles. The first-order valence-electron chi connectivity index (χ1n) is 9.46. The summed E-state index contributed by atoms with van der Waals surface area (Å²) in [6.07, 6.45) is 0. The Hall–Kier alpha value is -1.80. The maximum Gasteiger partial charge on any atom is 0.240 e. The van der Waals surface area contributed by atoms with Gasteiger partial charge in [-0.3, -0.25) is 9.80 Å². The van der Waals surface area contributed by atoms with Crippen molar-refractivity contribution in [2.24, 2.45) is 0 Å². The fraction of sp³-hybridized carbons (Fsp3) is 0.778. The van der Waals surface area contributed by atoms with Gasteiger partial charge in [0.1, 0.15) is 0 Å². The molecule has 8 heteroatoms. The lowest BCUT2D eigenvalue weighted by atomic mass is 10.1. The van der Waals surface area contributed by atoms with Crippen LogP contribution < -0.4 is 0 Å². The second-order valence-corrected chi connectivity index (χ2v) is 7.97. The minimum absolute atomic E-state index is 0.282. The Morgan fingerprint density at radius 2 is 1.31 bits per heavy atom. The third kappa shape index (κ3) is 4.29. The van der Waals surface area contributed by atoms with Gasteiger partial charge in [-0.1, -0.05) is 38.0 Å². The van der Waals surface area contributed by atoms with Gasteiger partial charge in [0.05, 0.1) is 13.1 Å². The van der Waals surface area contributed by atoms with Crippen LogP contribution in [-0.4, -0.2) is 55.3 Å². The van der Waals surface area contributed by atoms with E-state index in [4.69, 9.17) is 9.05 Å². The first kappa shape index (κ1) is 19.0. The highest BCUT2D eigenvalue weighted by Crippen LogP contribution is 2.21. The number of aromatic nitrogens is 4. The molecular formula is C18H30N6O2. The summed E-state index contributed by atoms with van der Waals surface area (Å²) in [5, 5.41) is 8.12.